The van der Waals surface area contributed by atoms with Crippen LogP contribution in [-0.4, -0.2) is 11.7 Å². The Bertz CT molecular complexity index is 555. The molecule has 3 rings (SSSR count). The summed E-state index contributed by atoms with van der Waals surface area (Å²) in [4.78, 5) is 0. The van der Waals surface area contributed by atoms with Crippen LogP contribution in [0.2, 0.25) is 0 Å². The molecule has 0 saturated heterocycles. The molecule has 0 spiro atoms. The molecule has 1 fully saturated rings. The molecule has 3 heteroatoms. The number of methoxy groups -OCH3 is 1. The van der Waals surface area contributed by atoms with Crippen molar-refractivity contribution in [1.82, 2.24) is 4.57 Å². The first-order valence-electron chi connectivity index (χ1n) is 7.30. The first-order valence-corrected chi connectivity index (χ1v) is 7.30. The average molecular weight is 270 g/mol. The minimum Gasteiger partial charge on any atom is -0.497 e. The van der Waals surface area contributed by atoms with E-state index in [2.05, 4.69) is 35.2 Å². The van der Waals surface area contributed by atoms with E-state index in [1.807, 2.05) is 12.1 Å². The molecule has 1 unspecified atom stereocenters. The lowest BCUT2D eigenvalue weighted by Gasteiger charge is -2.08. The zero-order valence-corrected chi connectivity index (χ0v) is 12.0. The maximum Gasteiger partial charge on any atom is 0.118 e. The van der Waals surface area contributed by atoms with E-state index in [-0.39, 0.29) is 6.04 Å². The zero-order chi connectivity index (χ0) is 13.9. The Kier molecular flexibility index (Phi) is 3.79. The Morgan fingerprint density at radius 2 is 2.00 bits per heavy atom. The molecule has 1 aromatic heterocycles. The number of aromatic nitrogens is 1. The molecule has 1 aromatic carbocycles. The van der Waals surface area contributed by atoms with Crippen LogP contribution in [0.15, 0.2) is 42.7 Å². The van der Waals surface area contributed by atoms with Crippen LogP contribution in [0.25, 0.3) is 0 Å². The highest BCUT2D eigenvalue weighted by Gasteiger charge is 2.29. The van der Waals surface area contributed by atoms with Crippen LogP contribution in [-0.2, 0) is 13.0 Å². The smallest absolute Gasteiger partial charge is 0.118 e. The number of nitrogens with two attached hydrogens (primary N) is 1. The van der Waals surface area contributed by atoms with Crippen molar-refractivity contribution >= 4 is 0 Å². The zero-order valence-electron chi connectivity index (χ0n) is 12.0. The van der Waals surface area contributed by atoms with Crippen LogP contribution >= 0.6 is 0 Å². The summed E-state index contributed by atoms with van der Waals surface area (Å²) in [6.07, 6.45) is 7.95. The third-order valence-corrected chi connectivity index (χ3v) is 4.11. The molecule has 106 valence electrons. The van der Waals surface area contributed by atoms with Crippen LogP contribution in [0.3, 0.4) is 0 Å². The van der Waals surface area contributed by atoms with E-state index in [0.717, 1.165) is 18.7 Å². The molecule has 1 atom stereocenters. The quantitative estimate of drug-likeness (QED) is 0.876. The van der Waals surface area contributed by atoms with Crippen molar-refractivity contribution in [2.75, 3.05) is 7.11 Å². The maximum atomic E-state index is 6.23. The van der Waals surface area contributed by atoms with Crippen molar-refractivity contribution in [3.8, 4) is 5.75 Å². The van der Waals surface area contributed by atoms with Gasteiger partial charge in [-0.3, -0.25) is 0 Å². The van der Waals surface area contributed by atoms with Gasteiger partial charge in [-0.25, -0.2) is 0 Å². The normalized spacial score (nSPS) is 16.1. The fourth-order valence-corrected chi connectivity index (χ4v) is 2.57. The SMILES string of the molecule is COc1ccc(CCn2ccc(C(N)C3CC3)c2)cc1. The summed E-state index contributed by atoms with van der Waals surface area (Å²) in [5, 5.41) is 0. The molecular formula is C17H22N2O. The number of ether oxygens (including phenoxy) is 1. The van der Waals surface area contributed by atoms with Crippen molar-refractivity contribution < 1.29 is 4.74 Å². The summed E-state index contributed by atoms with van der Waals surface area (Å²) >= 11 is 0. The number of nitrogens with zero attached hydrogens (tertiary/aromatic N) is 1. The lowest BCUT2D eigenvalue weighted by Crippen LogP contribution is -2.11. The van der Waals surface area contributed by atoms with E-state index >= 15 is 0 Å². The van der Waals surface area contributed by atoms with Crippen LogP contribution in [0.1, 0.15) is 30.0 Å². The summed E-state index contributed by atoms with van der Waals surface area (Å²) in [6.45, 7) is 0.990. The molecule has 0 radical (unpaired) electrons. The lowest BCUT2D eigenvalue weighted by atomic mass is 10.1. The standard InChI is InChI=1S/C17H22N2O/c1-20-16-6-2-13(3-7-16)8-10-19-11-9-15(12-19)17(18)14-4-5-14/h2-3,6-7,9,11-12,14,17H,4-5,8,10,18H2,1H3. The van der Waals surface area contributed by atoms with E-state index in [0.29, 0.717) is 5.92 Å². The Morgan fingerprint density at radius 1 is 1.25 bits per heavy atom. The molecular weight excluding hydrogens is 248 g/mol. The van der Waals surface area contributed by atoms with Crippen molar-refractivity contribution in [1.29, 1.82) is 0 Å². The van der Waals surface area contributed by atoms with Crippen molar-refractivity contribution in [3.05, 3.63) is 53.9 Å². The van der Waals surface area contributed by atoms with Gasteiger partial charge in [0.15, 0.2) is 0 Å². The van der Waals surface area contributed by atoms with Gasteiger partial charge in [0.1, 0.15) is 5.75 Å². The van der Waals surface area contributed by atoms with Crippen LogP contribution in [0, 0.1) is 5.92 Å². The van der Waals surface area contributed by atoms with Gasteiger partial charge in [-0.1, -0.05) is 12.1 Å². The largest absolute Gasteiger partial charge is 0.497 e. The first-order chi connectivity index (χ1) is 9.76. The van der Waals surface area contributed by atoms with E-state index in [1.165, 1.54) is 24.0 Å². The van der Waals surface area contributed by atoms with Crippen LogP contribution < -0.4 is 10.5 Å². The Labute approximate surface area is 120 Å². The van der Waals surface area contributed by atoms with Gasteiger partial charge in [-0.2, -0.15) is 0 Å². The lowest BCUT2D eigenvalue weighted by molar-refractivity contribution is 0.414. The molecule has 1 saturated carbocycles. The number of rotatable bonds is 6. The van der Waals surface area contributed by atoms with Gasteiger partial charge in [0.2, 0.25) is 0 Å². The molecule has 0 amide bonds. The fraction of sp³-hybridized carbons (Fsp3) is 0.412. The van der Waals surface area contributed by atoms with Gasteiger partial charge < -0.3 is 15.0 Å². The molecule has 2 aromatic rings. The summed E-state index contributed by atoms with van der Waals surface area (Å²) in [5.41, 5.74) is 8.83. The molecule has 20 heavy (non-hydrogen) atoms. The summed E-state index contributed by atoms with van der Waals surface area (Å²) in [6, 6.07) is 10.7. The minimum atomic E-state index is 0.234. The van der Waals surface area contributed by atoms with Crippen molar-refractivity contribution in [2.45, 2.75) is 31.8 Å². The molecule has 0 bridgehead atoms. The fourth-order valence-electron chi connectivity index (χ4n) is 2.57. The molecule has 3 nitrogen and oxygen atoms in total. The Balaban J connectivity index is 1.57. The highest BCUT2D eigenvalue weighted by atomic mass is 16.5. The number of hydrogen-bond acceptors (Lipinski definition) is 2. The maximum absolute atomic E-state index is 6.23. The van der Waals surface area contributed by atoms with Gasteiger partial charge >= 0.3 is 0 Å². The second-order valence-corrected chi connectivity index (χ2v) is 5.64. The average Bonchev–Trinajstić information content (AvgIpc) is 3.23. The van der Waals surface area contributed by atoms with Crippen LogP contribution in [0.4, 0.5) is 0 Å². The predicted molar refractivity (Wildman–Crippen MR) is 80.8 cm³/mol. The number of hydrogen-bond donors (Lipinski definition) is 1. The molecule has 2 N–H and O–H groups in total. The molecule has 1 aliphatic rings. The molecule has 1 aliphatic carbocycles. The monoisotopic (exact) mass is 270 g/mol. The predicted octanol–water partition coefficient (Wildman–Crippen LogP) is 3.15. The van der Waals surface area contributed by atoms with Gasteiger partial charge in [-0.05, 0) is 54.5 Å². The first kappa shape index (κ1) is 13.3. The molecule has 0 aliphatic heterocycles. The third kappa shape index (κ3) is 3.05. The Morgan fingerprint density at radius 3 is 2.65 bits per heavy atom. The van der Waals surface area contributed by atoms with Crippen molar-refractivity contribution in [3.63, 3.8) is 0 Å². The number of aryl methyl sites for hydroxylation is 2. The van der Waals surface area contributed by atoms with Crippen LogP contribution in [0.5, 0.6) is 5.75 Å². The van der Waals surface area contributed by atoms with Gasteiger partial charge in [-0.15, -0.1) is 0 Å². The van der Waals surface area contributed by atoms with E-state index in [1.54, 1.807) is 7.11 Å². The van der Waals surface area contributed by atoms with E-state index < -0.39 is 0 Å². The Hall–Kier alpha value is -1.74. The second-order valence-electron chi connectivity index (χ2n) is 5.64. The highest BCUT2D eigenvalue weighted by molar-refractivity contribution is 5.27. The number of benzene rings is 1. The highest BCUT2D eigenvalue weighted by Crippen LogP contribution is 2.39. The van der Waals surface area contributed by atoms with Gasteiger partial charge in [0.25, 0.3) is 0 Å². The van der Waals surface area contributed by atoms with E-state index in [4.69, 9.17) is 10.5 Å². The summed E-state index contributed by atoms with van der Waals surface area (Å²) in [7, 11) is 1.69. The molecule has 1 heterocycles. The topological polar surface area (TPSA) is 40.2 Å². The summed E-state index contributed by atoms with van der Waals surface area (Å²) < 4.78 is 7.41. The van der Waals surface area contributed by atoms with E-state index in [9.17, 15) is 0 Å². The summed E-state index contributed by atoms with van der Waals surface area (Å²) in [5.74, 6) is 1.62. The third-order valence-electron chi connectivity index (χ3n) is 4.11. The van der Waals surface area contributed by atoms with Crippen molar-refractivity contribution in [2.24, 2.45) is 11.7 Å². The van der Waals surface area contributed by atoms with Gasteiger partial charge in [0, 0.05) is 25.0 Å². The second kappa shape index (κ2) is 5.71. The van der Waals surface area contributed by atoms with Gasteiger partial charge in [0.05, 0.1) is 7.11 Å². The minimum absolute atomic E-state index is 0.234.